The third kappa shape index (κ3) is 9.58. The van der Waals surface area contributed by atoms with Gasteiger partial charge in [-0.2, -0.15) is 34.4 Å². The molecule has 0 nitrogen and oxygen atoms in total. The number of hydrogen-bond donors (Lipinski definition) is 0. The Balaban J connectivity index is -0.000000270. The fourth-order valence-corrected chi connectivity index (χ4v) is 2.19. The van der Waals surface area contributed by atoms with Crippen LogP contribution in [-0.4, -0.2) is 0 Å². The molecule has 116 valence electrons. The molecule has 2 rings (SSSR count). The van der Waals surface area contributed by atoms with E-state index in [-0.39, 0.29) is 46.5 Å². The van der Waals surface area contributed by atoms with Gasteiger partial charge >= 0.3 is 21.7 Å². The van der Waals surface area contributed by atoms with E-state index >= 15 is 0 Å². The van der Waals surface area contributed by atoms with Crippen LogP contribution >= 0.6 is 0 Å². The zero-order valence-electron chi connectivity index (χ0n) is 13.5. The summed E-state index contributed by atoms with van der Waals surface area (Å²) in [7, 11) is 0. The number of halogens is 2. The summed E-state index contributed by atoms with van der Waals surface area (Å²) in [6.07, 6.45) is 4.98. The van der Waals surface area contributed by atoms with Crippen molar-refractivity contribution in [3.05, 3.63) is 58.7 Å². The molecular formula is C18H26Cl2Ti. The topological polar surface area (TPSA) is 0 Å². The molecule has 3 heteroatoms. The zero-order valence-corrected chi connectivity index (χ0v) is 16.6. The molecule has 0 bridgehead atoms. The quantitative estimate of drug-likeness (QED) is 0.501. The Morgan fingerprint density at radius 1 is 0.762 bits per heavy atom. The first-order valence-electron chi connectivity index (χ1n) is 7.11. The molecule has 0 fully saturated rings. The van der Waals surface area contributed by atoms with Gasteiger partial charge in [-0.25, -0.2) is 24.3 Å². The smallest absolute Gasteiger partial charge is 1.00 e. The van der Waals surface area contributed by atoms with E-state index in [2.05, 4.69) is 64.1 Å². The summed E-state index contributed by atoms with van der Waals surface area (Å²) < 4.78 is 0. The fourth-order valence-electron chi connectivity index (χ4n) is 2.19. The van der Waals surface area contributed by atoms with Crippen molar-refractivity contribution in [2.24, 2.45) is 0 Å². The SMILES string of the molecule is CCC[c-]1cccc1C.CCC[c-]1cccc1C.[Cl-].[Cl-].[Ti+4]. The van der Waals surface area contributed by atoms with E-state index < -0.39 is 0 Å². The van der Waals surface area contributed by atoms with Crippen molar-refractivity contribution in [1.29, 1.82) is 0 Å². The van der Waals surface area contributed by atoms with Gasteiger partial charge in [0.25, 0.3) is 0 Å². The summed E-state index contributed by atoms with van der Waals surface area (Å²) in [5.74, 6) is 0. The van der Waals surface area contributed by atoms with Crippen LogP contribution in [0.4, 0.5) is 0 Å². The number of aryl methyl sites for hydroxylation is 4. The van der Waals surface area contributed by atoms with Crippen LogP contribution in [0.1, 0.15) is 48.9 Å². The van der Waals surface area contributed by atoms with Crippen LogP contribution in [0.25, 0.3) is 0 Å². The molecule has 0 unspecified atom stereocenters. The Morgan fingerprint density at radius 2 is 1.10 bits per heavy atom. The minimum atomic E-state index is 0. The van der Waals surface area contributed by atoms with Crippen LogP contribution in [0, 0.1) is 13.8 Å². The molecule has 0 amide bonds. The van der Waals surface area contributed by atoms with Crippen LogP contribution < -0.4 is 24.8 Å². The van der Waals surface area contributed by atoms with Gasteiger partial charge in [0, 0.05) is 0 Å². The maximum absolute atomic E-state index is 2.21. The fraction of sp³-hybridized carbons (Fsp3) is 0.444. The molecule has 0 spiro atoms. The maximum Gasteiger partial charge on any atom is 4.00 e. The van der Waals surface area contributed by atoms with E-state index in [1.807, 2.05) is 0 Å². The zero-order chi connectivity index (χ0) is 13.4. The maximum atomic E-state index is 2.21. The van der Waals surface area contributed by atoms with E-state index in [9.17, 15) is 0 Å². The van der Waals surface area contributed by atoms with Gasteiger partial charge in [-0.1, -0.05) is 53.4 Å². The normalized spacial score (nSPS) is 8.57. The molecule has 0 radical (unpaired) electrons. The predicted octanol–water partition coefficient (Wildman–Crippen LogP) is -0.662. The van der Waals surface area contributed by atoms with Gasteiger partial charge in [-0.3, -0.25) is 0 Å². The Bertz CT molecular complexity index is 401. The molecule has 0 aliphatic carbocycles. The first kappa shape index (κ1) is 25.9. The van der Waals surface area contributed by atoms with E-state index in [4.69, 9.17) is 0 Å². The minimum Gasteiger partial charge on any atom is -1.00 e. The van der Waals surface area contributed by atoms with Crippen molar-refractivity contribution in [3.63, 3.8) is 0 Å². The van der Waals surface area contributed by atoms with Crippen LogP contribution in [-0.2, 0) is 34.6 Å². The summed E-state index contributed by atoms with van der Waals surface area (Å²) in [6.45, 7) is 8.77. The van der Waals surface area contributed by atoms with E-state index in [0.717, 1.165) is 0 Å². The molecule has 0 heterocycles. The summed E-state index contributed by atoms with van der Waals surface area (Å²) in [4.78, 5) is 0. The van der Waals surface area contributed by atoms with Crippen molar-refractivity contribution in [3.8, 4) is 0 Å². The van der Waals surface area contributed by atoms with Crippen molar-refractivity contribution >= 4 is 0 Å². The molecule has 0 saturated carbocycles. The van der Waals surface area contributed by atoms with Gasteiger partial charge in [-0.15, -0.1) is 0 Å². The first-order valence-corrected chi connectivity index (χ1v) is 7.11. The van der Waals surface area contributed by atoms with Crippen molar-refractivity contribution in [2.75, 3.05) is 0 Å². The molecule has 21 heavy (non-hydrogen) atoms. The third-order valence-electron chi connectivity index (χ3n) is 3.34. The average Bonchev–Trinajstić information content (AvgIpc) is 2.92. The van der Waals surface area contributed by atoms with E-state index in [1.54, 1.807) is 0 Å². The van der Waals surface area contributed by atoms with Gasteiger partial charge < -0.3 is 24.8 Å². The van der Waals surface area contributed by atoms with Crippen LogP contribution in [0.3, 0.4) is 0 Å². The van der Waals surface area contributed by atoms with Crippen LogP contribution in [0.15, 0.2) is 36.4 Å². The molecule has 0 aromatic heterocycles. The molecule has 0 aliphatic heterocycles. The van der Waals surface area contributed by atoms with Gasteiger partial charge in [-0.05, 0) is 0 Å². The van der Waals surface area contributed by atoms with Crippen LogP contribution in [0.5, 0.6) is 0 Å². The average molecular weight is 361 g/mol. The van der Waals surface area contributed by atoms with Gasteiger partial charge in [0.15, 0.2) is 0 Å². The Hall–Kier alpha value is -0.00571. The summed E-state index contributed by atoms with van der Waals surface area (Å²) in [5.41, 5.74) is 5.91. The molecule has 2 aromatic rings. The monoisotopic (exact) mass is 360 g/mol. The molecule has 0 atom stereocenters. The second-order valence-corrected chi connectivity index (χ2v) is 4.97. The summed E-state index contributed by atoms with van der Waals surface area (Å²) >= 11 is 0. The van der Waals surface area contributed by atoms with Crippen molar-refractivity contribution in [2.45, 2.75) is 53.4 Å². The Kier molecular flexibility index (Phi) is 18.4. The third-order valence-corrected chi connectivity index (χ3v) is 3.34. The number of hydrogen-bond acceptors (Lipinski definition) is 0. The van der Waals surface area contributed by atoms with Gasteiger partial charge in [0.2, 0.25) is 0 Å². The second-order valence-electron chi connectivity index (χ2n) is 4.97. The van der Waals surface area contributed by atoms with Crippen molar-refractivity contribution in [1.82, 2.24) is 0 Å². The largest absolute Gasteiger partial charge is 4.00 e. The van der Waals surface area contributed by atoms with Crippen molar-refractivity contribution < 1.29 is 46.5 Å². The standard InChI is InChI=1S/2C9H13.2ClH.Ti/c2*1-3-5-9-7-4-6-8(9)2;;;/h2*4,6-7H,3,5H2,1-2H3;2*1H;/q2*-1;;;+4/p-2. The van der Waals surface area contributed by atoms with E-state index in [0.29, 0.717) is 0 Å². The second kappa shape index (κ2) is 14.9. The molecule has 2 aromatic carbocycles. The minimum absolute atomic E-state index is 0. The van der Waals surface area contributed by atoms with Gasteiger partial charge in [0.05, 0.1) is 0 Å². The number of rotatable bonds is 4. The summed E-state index contributed by atoms with van der Waals surface area (Å²) in [5, 5.41) is 0. The first-order chi connectivity index (χ1) is 8.69. The van der Waals surface area contributed by atoms with E-state index in [1.165, 1.54) is 47.9 Å². The molecule has 0 aliphatic rings. The summed E-state index contributed by atoms with van der Waals surface area (Å²) in [6, 6.07) is 13.0. The Morgan fingerprint density at radius 3 is 1.29 bits per heavy atom. The van der Waals surface area contributed by atoms with Crippen LogP contribution in [0.2, 0.25) is 0 Å². The molecule has 0 saturated heterocycles. The van der Waals surface area contributed by atoms with Gasteiger partial charge in [0.1, 0.15) is 0 Å². The molecular weight excluding hydrogens is 335 g/mol. The molecule has 0 N–H and O–H groups in total. The predicted molar refractivity (Wildman–Crippen MR) is 81.5 cm³/mol. The Labute approximate surface area is 158 Å².